The molecule has 2 amide bonds. The van der Waals surface area contributed by atoms with E-state index >= 15 is 0 Å². The highest BCUT2D eigenvalue weighted by atomic mass is 32.2. The van der Waals surface area contributed by atoms with Crippen LogP contribution in [0.15, 0.2) is 64.9 Å². The molecule has 152 valence electrons. The van der Waals surface area contributed by atoms with Gasteiger partial charge in [-0.2, -0.15) is 0 Å². The van der Waals surface area contributed by atoms with Crippen LogP contribution in [0.25, 0.3) is 0 Å². The number of benzene rings is 2. The third kappa shape index (κ3) is 2.95. The molecule has 5 rings (SSSR count). The van der Waals surface area contributed by atoms with E-state index in [2.05, 4.69) is 0 Å². The molecule has 0 spiro atoms. The second-order valence-electron chi connectivity index (χ2n) is 7.28. The molecule has 0 bridgehead atoms. The summed E-state index contributed by atoms with van der Waals surface area (Å²) in [5.74, 6) is -0.770. The molecule has 2 aliphatic heterocycles. The quantitative estimate of drug-likeness (QED) is 0.586. The Balaban J connectivity index is 1.55. The Hall–Kier alpha value is -2.97. The number of imide groups is 1. The van der Waals surface area contributed by atoms with Crippen LogP contribution >= 0.6 is 11.3 Å². The molecule has 2 aliphatic rings. The summed E-state index contributed by atoms with van der Waals surface area (Å²) in [5, 5.41) is 1.79. The predicted molar refractivity (Wildman–Crippen MR) is 116 cm³/mol. The summed E-state index contributed by atoms with van der Waals surface area (Å²) < 4.78 is 28.3. The number of anilines is 2. The number of thiophene rings is 1. The van der Waals surface area contributed by atoms with Crippen molar-refractivity contribution in [3.05, 3.63) is 76.0 Å². The summed E-state index contributed by atoms with van der Waals surface area (Å²) >= 11 is 1.38. The number of para-hydroxylation sites is 1. The van der Waals surface area contributed by atoms with Crippen LogP contribution in [0.1, 0.15) is 27.2 Å². The lowest BCUT2D eigenvalue weighted by molar-refractivity contribution is -0.117. The Morgan fingerprint density at radius 3 is 2.67 bits per heavy atom. The molecule has 0 N–H and O–H groups in total. The normalized spacial score (nSPS) is 16.4. The van der Waals surface area contributed by atoms with Crippen LogP contribution in [0.3, 0.4) is 0 Å². The summed E-state index contributed by atoms with van der Waals surface area (Å²) in [6.07, 6.45) is 1.71. The highest BCUT2D eigenvalue weighted by Crippen LogP contribution is 2.34. The number of aryl methyl sites for hydroxylation is 1. The molecule has 3 heterocycles. The molecule has 0 unspecified atom stereocenters. The number of hydrogen-bond donors (Lipinski definition) is 0. The summed E-state index contributed by atoms with van der Waals surface area (Å²) in [5.41, 5.74) is 2.45. The smallest absolute Gasteiger partial charge is 0.266 e. The van der Waals surface area contributed by atoms with Crippen molar-refractivity contribution in [2.24, 2.45) is 0 Å². The van der Waals surface area contributed by atoms with Gasteiger partial charge in [0.05, 0.1) is 28.3 Å². The maximum absolute atomic E-state index is 13.4. The Labute approximate surface area is 178 Å². The van der Waals surface area contributed by atoms with Gasteiger partial charge < -0.3 is 0 Å². The number of nitrogens with zero attached hydrogens (tertiary/aromatic N) is 2. The number of sulfonamides is 1. The van der Waals surface area contributed by atoms with Crippen molar-refractivity contribution in [2.45, 2.75) is 24.2 Å². The maximum atomic E-state index is 13.4. The fraction of sp³-hybridized carbons (Fsp3) is 0.182. The molecule has 30 heavy (non-hydrogen) atoms. The van der Waals surface area contributed by atoms with Gasteiger partial charge in [-0.25, -0.2) is 13.3 Å². The van der Waals surface area contributed by atoms with Gasteiger partial charge in [0.1, 0.15) is 0 Å². The number of hydrogen-bond acceptors (Lipinski definition) is 5. The highest BCUT2D eigenvalue weighted by Gasteiger charge is 2.34. The Kier molecular flexibility index (Phi) is 4.48. The second kappa shape index (κ2) is 7.07. The Morgan fingerprint density at radius 2 is 1.80 bits per heavy atom. The topological polar surface area (TPSA) is 74.8 Å². The fourth-order valence-corrected chi connectivity index (χ4v) is 6.48. The zero-order chi connectivity index (χ0) is 20.9. The molecule has 1 aromatic heterocycles. The average molecular weight is 439 g/mol. The number of fused-ring (bicyclic) bond motifs is 2. The molecular weight excluding hydrogens is 420 g/mol. The van der Waals surface area contributed by atoms with Crippen molar-refractivity contribution in [3.63, 3.8) is 0 Å². The minimum absolute atomic E-state index is 0.0634. The zero-order valence-corrected chi connectivity index (χ0v) is 17.6. The summed E-state index contributed by atoms with van der Waals surface area (Å²) in [6, 6.07) is 15.3. The lowest BCUT2D eigenvalue weighted by atomic mass is 10.0. The van der Waals surface area contributed by atoms with Gasteiger partial charge >= 0.3 is 0 Å². The van der Waals surface area contributed by atoms with Gasteiger partial charge in [0.2, 0.25) is 5.91 Å². The van der Waals surface area contributed by atoms with Gasteiger partial charge in [-0.15, -0.1) is 11.3 Å². The molecule has 0 aliphatic carbocycles. The number of amides is 2. The standard InChI is InChI=1S/C22H18N2O4S2/c25-21-14-20-18(10-12-29-20)22(26)24(21)16-7-3-8-17(13-16)30(27,28)23-11-4-6-15-5-1-2-9-19(15)23/h1-3,5,7-10,12-13H,4,6,11,14H2. The maximum Gasteiger partial charge on any atom is 0.266 e. The molecular formula is C22H18N2O4S2. The van der Waals surface area contributed by atoms with Gasteiger partial charge in [-0.3, -0.25) is 13.9 Å². The lowest BCUT2D eigenvalue weighted by Crippen LogP contribution is -2.42. The summed E-state index contributed by atoms with van der Waals surface area (Å²) in [7, 11) is -3.84. The van der Waals surface area contributed by atoms with Gasteiger partial charge in [0.25, 0.3) is 15.9 Å². The fourth-order valence-electron chi connectivity index (χ4n) is 4.04. The molecule has 0 fully saturated rings. The molecule has 6 nitrogen and oxygen atoms in total. The van der Waals surface area contributed by atoms with E-state index in [9.17, 15) is 18.0 Å². The lowest BCUT2D eigenvalue weighted by Gasteiger charge is -2.31. The van der Waals surface area contributed by atoms with Crippen LogP contribution in [0.2, 0.25) is 0 Å². The number of carbonyl (C=O) groups is 2. The summed E-state index contributed by atoms with van der Waals surface area (Å²) in [4.78, 5) is 27.4. The van der Waals surface area contributed by atoms with E-state index < -0.39 is 15.9 Å². The third-order valence-electron chi connectivity index (χ3n) is 5.47. The SMILES string of the molecule is O=C1Cc2sccc2C(=O)N1c1cccc(S(=O)(=O)N2CCCc3ccccc32)c1. The molecule has 0 saturated carbocycles. The van der Waals surface area contributed by atoms with Crippen molar-refractivity contribution in [1.82, 2.24) is 0 Å². The predicted octanol–water partition coefficient (Wildman–Crippen LogP) is 3.62. The monoisotopic (exact) mass is 438 g/mol. The molecule has 8 heteroatoms. The van der Waals surface area contributed by atoms with Crippen LogP contribution in [0.4, 0.5) is 11.4 Å². The van der Waals surface area contributed by atoms with Gasteiger partial charge in [-0.05, 0) is 54.1 Å². The van der Waals surface area contributed by atoms with E-state index in [0.29, 0.717) is 17.8 Å². The van der Waals surface area contributed by atoms with Crippen LogP contribution in [-0.4, -0.2) is 26.8 Å². The van der Waals surface area contributed by atoms with Crippen LogP contribution < -0.4 is 9.21 Å². The Bertz CT molecular complexity index is 1280. The molecule has 0 radical (unpaired) electrons. The van der Waals surface area contributed by atoms with Crippen LogP contribution in [0.5, 0.6) is 0 Å². The first-order valence-corrected chi connectivity index (χ1v) is 11.9. The van der Waals surface area contributed by atoms with Crippen molar-refractivity contribution >= 4 is 44.5 Å². The van der Waals surface area contributed by atoms with E-state index in [-0.39, 0.29) is 22.9 Å². The van der Waals surface area contributed by atoms with Crippen molar-refractivity contribution in [3.8, 4) is 0 Å². The van der Waals surface area contributed by atoms with Gasteiger partial charge in [-0.1, -0.05) is 24.3 Å². The van der Waals surface area contributed by atoms with Gasteiger partial charge in [0.15, 0.2) is 0 Å². The van der Waals surface area contributed by atoms with Crippen molar-refractivity contribution < 1.29 is 18.0 Å². The average Bonchev–Trinajstić information content (AvgIpc) is 3.22. The minimum Gasteiger partial charge on any atom is -0.274 e. The van der Waals surface area contributed by atoms with Gasteiger partial charge in [0, 0.05) is 11.4 Å². The largest absolute Gasteiger partial charge is 0.274 e. The first-order valence-electron chi connectivity index (χ1n) is 9.61. The zero-order valence-electron chi connectivity index (χ0n) is 15.9. The van der Waals surface area contributed by atoms with Crippen molar-refractivity contribution in [2.75, 3.05) is 15.7 Å². The van der Waals surface area contributed by atoms with E-state index in [1.165, 1.54) is 27.8 Å². The van der Waals surface area contributed by atoms with E-state index in [4.69, 9.17) is 0 Å². The highest BCUT2D eigenvalue weighted by molar-refractivity contribution is 7.92. The van der Waals surface area contributed by atoms with Crippen LogP contribution in [0, 0.1) is 0 Å². The molecule has 0 atom stereocenters. The van der Waals surface area contributed by atoms with E-state index in [1.54, 1.807) is 23.6 Å². The number of carbonyl (C=O) groups excluding carboxylic acids is 2. The first-order chi connectivity index (χ1) is 14.5. The minimum atomic E-state index is -3.84. The third-order valence-corrected chi connectivity index (χ3v) is 8.20. The number of rotatable bonds is 3. The molecule has 3 aromatic rings. The van der Waals surface area contributed by atoms with Crippen LogP contribution in [-0.2, 0) is 27.7 Å². The van der Waals surface area contributed by atoms with E-state index in [1.807, 2.05) is 24.3 Å². The molecule has 2 aromatic carbocycles. The summed E-state index contributed by atoms with van der Waals surface area (Å²) in [6.45, 7) is 0.392. The Morgan fingerprint density at radius 1 is 0.967 bits per heavy atom. The van der Waals surface area contributed by atoms with E-state index in [0.717, 1.165) is 28.2 Å². The van der Waals surface area contributed by atoms with Crippen molar-refractivity contribution in [1.29, 1.82) is 0 Å². The molecule has 0 saturated heterocycles. The first kappa shape index (κ1) is 19.0. The second-order valence-corrected chi connectivity index (χ2v) is 10.1.